The minimum Gasteiger partial charge on any atom is -0.0993 e. The van der Waals surface area contributed by atoms with Crippen LogP contribution in [0.15, 0.2) is 36.5 Å². The summed E-state index contributed by atoms with van der Waals surface area (Å²) in [6, 6.07) is 0. The smallest absolute Gasteiger partial charge is 0.0175 e. The third kappa shape index (κ3) is 7.94. The maximum Gasteiger partial charge on any atom is -0.0175 e. The lowest BCUT2D eigenvalue weighted by molar-refractivity contribution is 0.216. The summed E-state index contributed by atoms with van der Waals surface area (Å²) in [5, 5.41) is 0. The van der Waals surface area contributed by atoms with Crippen LogP contribution in [-0.2, 0) is 0 Å². The van der Waals surface area contributed by atoms with E-state index < -0.39 is 0 Å². The van der Waals surface area contributed by atoms with Gasteiger partial charge in [-0.1, -0.05) is 76.0 Å². The van der Waals surface area contributed by atoms with Crippen molar-refractivity contribution in [3.05, 3.63) is 36.5 Å². The summed E-state index contributed by atoms with van der Waals surface area (Å²) in [6.45, 7) is 9.32. The van der Waals surface area contributed by atoms with Crippen molar-refractivity contribution in [1.82, 2.24) is 0 Å². The molecule has 0 aromatic carbocycles. The van der Waals surface area contributed by atoms with Gasteiger partial charge in [0.25, 0.3) is 0 Å². The van der Waals surface area contributed by atoms with Gasteiger partial charge in [0.05, 0.1) is 0 Å². The first kappa shape index (κ1) is 24.9. The first-order valence-corrected chi connectivity index (χ1v) is 14.2. The second kappa shape index (κ2) is 13.7. The standard InChI is InChI=1S/C31H52/c1-4-6-12-27-17-19-28(20-18-27)13-7-8-14-30-15-9-10-16-31(30)25(3)29-23-21-26(11-5-2)22-24-29/h6-7,12-13,26-31H,3-5,8-11,14-24H2,1-2H3/b12-6+,13-7+. The van der Waals surface area contributed by atoms with Crippen molar-refractivity contribution in [3.8, 4) is 0 Å². The van der Waals surface area contributed by atoms with E-state index in [9.17, 15) is 0 Å². The quantitative estimate of drug-likeness (QED) is 0.306. The SMILES string of the molecule is C=C(C1CCC(CCC)CC1)C1CCCCC1CC/C=C/C1CCC(/C=C/CC)CC1. The molecule has 0 bridgehead atoms. The van der Waals surface area contributed by atoms with Crippen LogP contribution in [0.2, 0.25) is 0 Å². The molecular formula is C31H52. The maximum absolute atomic E-state index is 4.73. The van der Waals surface area contributed by atoms with E-state index in [2.05, 4.69) is 38.2 Å². The highest BCUT2D eigenvalue weighted by Gasteiger charge is 2.32. The molecule has 0 heterocycles. The molecule has 0 aliphatic heterocycles. The fourth-order valence-corrected chi connectivity index (χ4v) is 7.03. The van der Waals surface area contributed by atoms with Crippen LogP contribution in [-0.4, -0.2) is 0 Å². The van der Waals surface area contributed by atoms with E-state index in [4.69, 9.17) is 6.58 Å². The van der Waals surface area contributed by atoms with Crippen LogP contribution >= 0.6 is 0 Å². The molecular weight excluding hydrogens is 372 g/mol. The molecule has 3 rings (SSSR count). The normalized spacial score (nSPS) is 35.0. The largest absolute Gasteiger partial charge is 0.0993 e. The maximum atomic E-state index is 4.73. The fourth-order valence-electron chi connectivity index (χ4n) is 7.03. The Morgan fingerprint density at radius 1 is 0.742 bits per heavy atom. The van der Waals surface area contributed by atoms with Crippen molar-refractivity contribution < 1.29 is 0 Å². The molecule has 0 amide bonds. The Kier molecular flexibility index (Phi) is 11.0. The Balaban J connectivity index is 1.40. The first-order chi connectivity index (χ1) is 15.2. The molecule has 0 heteroatoms. The Morgan fingerprint density at radius 3 is 2.03 bits per heavy atom. The second-order valence-electron chi connectivity index (χ2n) is 11.2. The summed E-state index contributed by atoms with van der Waals surface area (Å²) in [7, 11) is 0. The van der Waals surface area contributed by atoms with E-state index in [1.807, 2.05) is 0 Å². The lowest BCUT2D eigenvalue weighted by atomic mass is 9.67. The van der Waals surface area contributed by atoms with Crippen LogP contribution < -0.4 is 0 Å². The molecule has 0 aromatic heterocycles. The molecule has 31 heavy (non-hydrogen) atoms. The predicted octanol–water partition coefficient (Wildman–Crippen LogP) is 10.1. The fraction of sp³-hybridized carbons (Fsp3) is 0.806. The molecule has 0 N–H and O–H groups in total. The highest BCUT2D eigenvalue weighted by molar-refractivity contribution is 5.10. The highest BCUT2D eigenvalue weighted by Crippen LogP contribution is 2.44. The summed E-state index contributed by atoms with van der Waals surface area (Å²) in [5.41, 5.74) is 1.67. The summed E-state index contributed by atoms with van der Waals surface area (Å²) in [5.74, 6) is 5.30. The van der Waals surface area contributed by atoms with Gasteiger partial charge in [0.2, 0.25) is 0 Å². The van der Waals surface area contributed by atoms with E-state index >= 15 is 0 Å². The first-order valence-electron chi connectivity index (χ1n) is 14.2. The van der Waals surface area contributed by atoms with Crippen LogP contribution in [0.5, 0.6) is 0 Å². The molecule has 3 fully saturated rings. The average Bonchev–Trinajstić information content (AvgIpc) is 2.82. The molecule has 0 spiro atoms. The number of hydrogen-bond acceptors (Lipinski definition) is 0. The zero-order valence-electron chi connectivity index (χ0n) is 21.0. The average molecular weight is 425 g/mol. The van der Waals surface area contributed by atoms with Gasteiger partial charge >= 0.3 is 0 Å². The van der Waals surface area contributed by atoms with Crippen LogP contribution in [0.3, 0.4) is 0 Å². The van der Waals surface area contributed by atoms with Crippen LogP contribution in [0.1, 0.15) is 123 Å². The summed E-state index contributed by atoms with van der Waals surface area (Å²) in [6.07, 6.45) is 33.9. The van der Waals surface area contributed by atoms with E-state index in [1.54, 1.807) is 5.57 Å². The van der Waals surface area contributed by atoms with Crippen molar-refractivity contribution in [3.63, 3.8) is 0 Å². The molecule has 0 nitrogen and oxygen atoms in total. The molecule has 176 valence electrons. The third-order valence-corrected chi connectivity index (χ3v) is 9.03. The zero-order valence-corrected chi connectivity index (χ0v) is 21.0. The van der Waals surface area contributed by atoms with Crippen LogP contribution in [0.25, 0.3) is 0 Å². The Labute approximate surface area is 195 Å². The van der Waals surface area contributed by atoms with Gasteiger partial charge in [-0.05, 0) is 119 Å². The van der Waals surface area contributed by atoms with Gasteiger partial charge in [-0.15, -0.1) is 0 Å². The van der Waals surface area contributed by atoms with Crippen molar-refractivity contribution >= 4 is 0 Å². The monoisotopic (exact) mass is 424 g/mol. The van der Waals surface area contributed by atoms with Gasteiger partial charge in [-0.2, -0.15) is 0 Å². The van der Waals surface area contributed by atoms with Crippen LogP contribution in [0.4, 0.5) is 0 Å². The number of allylic oxidation sites excluding steroid dienone is 5. The lowest BCUT2D eigenvalue weighted by Gasteiger charge is -2.38. The van der Waals surface area contributed by atoms with E-state index in [0.717, 1.165) is 35.5 Å². The second-order valence-corrected chi connectivity index (χ2v) is 11.2. The summed E-state index contributed by atoms with van der Waals surface area (Å²) in [4.78, 5) is 0. The van der Waals surface area contributed by atoms with E-state index in [1.165, 1.54) is 109 Å². The highest BCUT2D eigenvalue weighted by atomic mass is 14.4. The Hall–Kier alpha value is -0.780. The van der Waals surface area contributed by atoms with Crippen molar-refractivity contribution in [1.29, 1.82) is 0 Å². The van der Waals surface area contributed by atoms with Gasteiger partial charge < -0.3 is 0 Å². The molecule has 3 saturated carbocycles. The molecule has 0 saturated heterocycles. The van der Waals surface area contributed by atoms with Crippen molar-refractivity contribution in [2.45, 2.75) is 123 Å². The minimum atomic E-state index is 0.829. The summed E-state index contributed by atoms with van der Waals surface area (Å²) < 4.78 is 0. The van der Waals surface area contributed by atoms with Gasteiger partial charge in [0, 0.05) is 0 Å². The Bertz CT molecular complexity index is 551. The molecule has 3 aliphatic carbocycles. The molecule has 0 radical (unpaired) electrons. The van der Waals surface area contributed by atoms with Crippen molar-refractivity contribution in [2.75, 3.05) is 0 Å². The van der Waals surface area contributed by atoms with E-state index in [0.29, 0.717) is 0 Å². The molecule has 0 aromatic rings. The van der Waals surface area contributed by atoms with Crippen LogP contribution in [0, 0.1) is 35.5 Å². The van der Waals surface area contributed by atoms with Gasteiger partial charge in [0.1, 0.15) is 0 Å². The predicted molar refractivity (Wildman–Crippen MR) is 138 cm³/mol. The minimum absolute atomic E-state index is 0.829. The molecule has 2 unspecified atom stereocenters. The van der Waals surface area contributed by atoms with E-state index in [-0.39, 0.29) is 0 Å². The van der Waals surface area contributed by atoms with Gasteiger partial charge in [-0.3, -0.25) is 0 Å². The van der Waals surface area contributed by atoms with Gasteiger partial charge in [0.15, 0.2) is 0 Å². The Morgan fingerprint density at radius 2 is 1.39 bits per heavy atom. The zero-order chi connectivity index (χ0) is 21.9. The number of rotatable bonds is 10. The topological polar surface area (TPSA) is 0 Å². The molecule has 2 atom stereocenters. The number of hydrogen-bond donors (Lipinski definition) is 0. The van der Waals surface area contributed by atoms with Gasteiger partial charge in [-0.25, -0.2) is 0 Å². The lowest BCUT2D eigenvalue weighted by Crippen LogP contribution is -2.26. The summed E-state index contributed by atoms with van der Waals surface area (Å²) >= 11 is 0. The third-order valence-electron chi connectivity index (χ3n) is 9.03. The van der Waals surface area contributed by atoms with Crippen molar-refractivity contribution in [2.24, 2.45) is 35.5 Å². The molecule has 3 aliphatic rings.